The number of aromatic nitrogens is 3. The van der Waals surface area contributed by atoms with Gasteiger partial charge in [-0.3, -0.25) is 9.59 Å². The molecular formula is C21H16F2N4O3. The first-order valence-electron chi connectivity index (χ1n) is 9.26. The number of H-pyrrole nitrogens is 1. The van der Waals surface area contributed by atoms with Gasteiger partial charge in [0, 0.05) is 30.7 Å². The number of halogens is 2. The van der Waals surface area contributed by atoms with E-state index in [1.165, 1.54) is 4.90 Å². The van der Waals surface area contributed by atoms with Crippen LogP contribution in [0.5, 0.6) is 0 Å². The molecule has 1 amide bonds. The van der Waals surface area contributed by atoms with Crippen LogP contribution in [0.1, 0.15) is 27.7 Å². The molecule has 0 radical (unpaired) electrons. The number of benzene rings is 1. The molecule has 0 aliphatic carbocycles. The van der Waals surface area contributed by atoms with Crippen molar-refractivity contribution in [2.24, 2.45) is 0 Å². The summed E-state index contributed by atoms with van der Waals surface area (Å²) in [6.45, 7) is 0.263. The summed E-state index contributed by atoms with van der Waals surface area (Å²) in [6, 6.07) is 6.61. The Morgan fingerprint density at radius 2 is 2.03 bits per heavy atom. The lowest BCUT2D eigenvalue weighted by molar-refractivity contribution is 0.0335. The number of fused-ring (bicyclic) bond motifs is 4. The number of hydrogen-bond acceptors (Lipinski definition) is 4. The van der Waals surface area contributed by atoms with Crippen molar-refractivity contribution in [2.45, 2.75) is 12.6 Å². The van der Waals surface area contributed by atoms with Crippen LogP contribution in [0.3, 0.4) is 0 Å². The van der Waals surface area contributed by atoms with Crippen LogP contribution in [0.15, 0.2) is 47.5 Å². The molecule has 1 aliphatic rings. The van der Waals surface area contributed by atoms with Gasteiger partial charge in [0.15, 0.2) is 11.6 Å². The zero-order chi connectivity index (χ0) is 21.0. The van der Waals surface area contributed by atoms with Crippen molar-refractivity contribution in [1.82, 2.24) is 19.5 Å². The number of pyridine rings is 1. The molecule has 0 spiro atoms. The summed E-state index contributed by atoms with van der Waals surface area (Å²) in [5.74, 6) is -2.45. The zero-order valence-electron chi connectivity index (χ0n) is 15.9. The Balaban J connectivity index is 1.63. The third-order valence-corrected chi connectivity index (χ3v) is 5.45. The lowest BCUT2D eigenvalue weighted by Crippen LogP contribution is -2.37. The quantitative estimate of drug-likeness (QED) is 0.551. The predicted molar refractivity (Wildman–Crippen MR) is 104 cm³/mol. The lowest BCUT2D eigenvalue weighted by Gasteiger charge is -2.33. The van der Waals surface area contributed by atoms with E-state index in [2.05, 4.69) is 10.1 Å². The Kier molecular flexibility index (Phi) is 4.14. The molecule has 1 atom stereocenters. The molecule has 0 unspecified atom stereocenters. The van der Waals surface area contributed by atoms with Crippen LogP contribution >= 0.6 is 0 Å². The van der Waals surface area contributed by atoms with Crippen molar-refractivity contribution in [2.75, 3.05) is 13.7 Å². The van der Waals surface area contributed by atoms with Crippen LogP contribution in [0.4, 0.5) is 8.78 Å². The van der Waals surface area contributed by atoms with E-state index in [0.29, 0.717) is 16.8 Å². The van der Waals surface area contributed by atoms with Gasteiger partial charge in [-0.1, -0.05) is 0 Å². The highest BCUT2D eigenvalue weighted by Crippen LogP contribution is 2.34. The van der Waals surface area contributed by atoms with E-state index in [9.17, 15) is 18.4 Å². The smallest absolute Gasteiger partial charge is 0.256 e. The number of rotatable bonds is 2. The molecule has 30 heavy (non-hydrogen) atoms. The minimum atomic E-state index is -1.10. The van der Waals surface area contributed by atoms with Gasteiger partial charge in [-0.2, -0.15) is 5.10 Å². The molecule has 0 bridgehead atoms. The maximum atomic E-state index is 14.0. The molecule has 4 aromatic rings. The zero-order valence-corrected chi connectivity index (χ0v) is 15.9. The molecule has 5 rings (SSSR count). The van der Waals surface area contributed by atoms with Gasteiger partial charge in [0.2, 0.25) is 0 Å². The fourth-order valence-corrected chi connectivity index (χ4v) is 3.96. The largest absolute Gasteiger partial charge is 0.373 e. The third kappa shape index (κ3) is 2.78. The topological polar surface area (TPSA) is 79.7 Å². The first-order valence-corrected chi connectivity index (χ1v) is 9.26. The number of aromatic amines is 1. The van der Waals surface area contributed by atoms with Crippen LogP contribution < -0.4 is 5.56 Å². The standard InChI is InChI=1S/C21H16F2N4O3/c1-26(21(29)11-5-12-3-2-4-24-27(12)8-11)18-10-30-9-17-19(18)13-6-15(22)16(23)7-14(13)20(28)25-17/h2-8,18H,9-10H2,1H3,(H,25,28)/t18-/m0/s1. The van der Waals surface area contributed by atoms with Crippen LogP contribution in [0, 0.1) is 11.6 Å². The summed E-state index contributed by atoms with van der Waals surface area (Å²) in [7, 11) is 1.61. The Morgan fingerprint density at radius 1 is 1.27 bits per heavy atom. The number of likely N-dealkylation sites (N-methyl/N-ethyl adjacent to an activating group) is 1. The number of amides is 1. The molecule has 1 N–H and O–H groups in total. The van der Waals surface area contributed by atoms with Crippen molar-refractivity contribution < 1.29 is 18.3 Å². The number of ether oxygens (including phenoxy) is 1. The molecule has 3 aromatic heterocycles. The van der Waals surface area contributed by atoms with E-state index in [0.717, 1.165) is 17.6 Å². The number of nitrogens with one attached hydrogen (secondary N) is 1. The average molecular weight is 410 g/mol. The summed E-state index contributed by atoms with van der Waals surface area (Å²) >= 11 is 0. The second-order valence-corrected chi connectivity index (χ2v) is 7.23. The predicted octanol–water partition coefficient (Wildman–Crippen LogP) is 2.80. The maximum absolute atomic E-state index is 14.0. The van der Waals surface area contributed by atoms with Gasteiger partial charge in [0.05, 0.1) is 35.7 Å². The molecule has 152 valence electrons. The van der Waals surface area contributed by atoms with Gasteiger partial charge < -0.3 is 14.6 Å². The first kappa shape index (κ1) is 18.4. The Morgan fingerprint density at radius 3 is 2.80 bits per heavy atom. The monoisotopic (exact) mass is 410 g/mol. The Hall–Kier alpha value is -3.59. The Labute approximate surface area is 168 Å². The van der Waals surface area contributed by atoms with Crippen molar-refractivity contribution in [1.29, 1.82) is 0 Å². The van der Waals surface area contributed by atoms with Gasteiger partial charge in [-0.05, 0) is 35.7 Å². The fraction of sp³-hybridized carbons (Fsp3) is 0.190. The maximum Gasteiger partial charge on any atom is 0.256 e. The number of carbonyl (C=O) groups excluding carboxylic acids is 1. The molecule has 9 heteroatoms. The normalized spacial score (nSPS) is 16.0. The minimum Gasteiger partial charge on any atom is -0.373 e. The van der Waals surface area contributed by atoms with E-state index < -0.39 is 23.2 Å². The fourth-order valence-electron chi connectivity index (χ4n) is 3.96. The molecule has 4 heterocycles. The Bertz CT molecular complexity index is 1350. The molecule has 1 aromatic carbocycles. The molecule has 1 aliphatic heterocycles. The highest BCUT2D eigenvalue weighted by molar-refractivity contribution is 5.96. The second-order valence-electron chi connectivity index (χ2n) is 7.23. The van der Waals surface area contributed by atoms with E-state index in [1.807, 2.05) is 6.07 Å². The summed E-state index contributed by atoms with van der Waals surface area (Å²) in [5.41, 5.74) is 1.65. The van der Waals surface area contributed by atoms with E-state index in [1.54, 1.807) is 36.1 Å². The first-order chi connectivity index (χ1) is 14.4. The van der Waals surface area contributed by atoms with Crippen molar-refractivity contribution in [3.05, 3.63) is 81.5 Å². The minimum absolute atomic E-state index is 0.0270. The van der Waals surface area contributed by atoms with Crippen LogP contribution in [0.25, 0.3) is 16.3 Å². The SMILES string of the molecule is CN(C(=O)c1cc2cccnn2c1)[C@H]1COCc2[nH]c(=O)c3cc(F)c(F)cc3c21. The number of hydrogen-bond donors (Lipinski definition) is 1. The molecular weight excluding hydrogens is 394 g/mol. The van der Waals surface area contributed by atoms with Crippen molar-refractivity contribution >= 4 is 22.2 Å². The number of nitrogens with zero attached hydrogens (tertiary/aromatic N) is 3. The van der Waals surface area contributed by atoms with E-state index in [-0.39, 0.29) is 29.9 Å². The summed E-state index contributed by atoms with van der Waals surface area (Å²) in [4.78, 5) is 29.7. The van der Waals surface area contributed by atoms with Gasteiger partial charge in [-0.15, -0.1) is 0 Å². The summed E-state index contributed by atoms with van der Waals surface area (Å²) in [5, 5.41) is 4.46. The average Bonchev–Trinajstić information content (AvgIpc) is 3.18. The van der Waals surface area contributed by atoms with Gasteiger partial charge >= 0.3 is 0 Å². The van der Waals surface area contributed by atoms with Crippen molar-refractivity contribution in [3.63, 3.8) is 0 Å². The second kappa shape index (κ2) is 6.74. The van der Waals surface area contributed by atoms with E-state index >= 15 is 0 Å². The highest BCUT2D eigenvalue weighted by atomic mass is 19.2. The summed E-state index contributed by atoms with van der Waals surface area (Å²) < 4.78 is 34.9. The van der Waals surface area contributed by atoms with E-state index in [4.69, 9.17) is 4.74 Å². The summed E-state index contributed by atoms with van der Waals surface area (Å²) in [6.07, 6.45) is 3.24. The molecule has 0 saturated heterocycles. The number of carbonyl (C=O) groups is 1. The van der Waals surface area contributed by atoms with Crippen LogP contribution in [0.2, 0.25) is 0 Å². The molecule has 7 nitrogen and oxygen atoms in total. The van der Waals surface area contributed by atoms with Crippen molar-refractivity contribution in [3.8, 4) is 0 Å². The van der Waals surface area contributed by atoms with Gasteiger partial charge in [-0.25, -0.2) is 13.3 Å². The van der Waals surface area contributed by atoms with Gasteiger partial charge in [0.1, 0.15) is 0 Å². The van der Waals surface area contributed by atoms with Crippen LogP contribution in [-0.4, -0.2) is 39.1 Å². The molecule has 0 saturated carbocycles. The highest BCUT2D eigenvalue weighted by Gasteiger charge is 2.31. The van der Waals surface area contributed by atoms with Crippen LogP contribution in [-0.2, 0) is 11.3 Å². The third-order valence-electron chi connectivity index (χ3n) is 5.45. The van der Waals surface area contributed by atoms with Gasteiger partial charge in [0.25, 0.3) is 11.5 Å². The molecule has 0 fully saturated rings. The lowest BCUT2D eigenvalue weighted by atomic mass is 9.95.